The van der Waals surface area contributed by atoms with Gasteiger partial charge in [0, 0.05) is 17.5 Å². The zero-order valence-electron chi connectivity index (χ0n) is 8.08. The lowest BCUT2D eigenvalue weighted by molar-refractivity contribution is 0.0538. The zero-order valence-corrected chi connectivity index (χ0v) is 8.90. The number of thiazole rings is 1. The molecule has 0 saturated carbocycles. The molecule has 0 bridgehead atoms. The van der Waals surface area contributed by atoms with Crippen molar-refractivity contribution in [2.75, 3.05) is 6.54 Å². The average molecular weight is 200 g/mol. The molecule has 0 aliphatic heterocycles. The summed E-state index contributed by atoms with van der Waals surface area (Å²) < 4.78 is 0. The molecule has 0 fully saturated rings. The second kappa shape index (κ2) is 4.17. The van der Waals surface area contributed by atoms with Gasteiger partial charge in [0.15, 0.2) is 0 Å². The minimum Gasteiger partial charge on any atom is -0.390 e. The molecule has 0 aliphatic rings. The first-order chi connectivity index (χ1) is 6.03. The quantitative estimate of drug-likeness (QED) is 0.765. The fourth-order valence-corrected chi connectivity index (χ4v) is 2.16. The fourth-order valence-electron chi connectivity index (χ4n) is 1.21. The Morgan fingerprint density at radius 1 is 1.69 bits per heavy atom. The molecule has 13 heavy (non-hydrogen) atoms. The predicted octanol–water partition coefficient (Wildman–Crippen LogP) is 1.09. The summed E-state index contributed by atoms with van der Waals surface area (Å²) in [5.74, 6) is 0. The van der Waals surface area contributed by atoms with Gasteiger partial charge >= 0.3 is 0 Å². The van der Waals surface area contributed by atoms with Gasteiger partial charge in [0.2, 0.25) is 0 Å². The second-order valence-electron chi connectivity index (χ2n) is 3.60. The fraction of sp³-hybridized carbons (Fsp3) is 0.667. The Kier molecular flexibility index (Phi) is 3.41. The number of aliphatic hydroxyl groups is 1. The van der Waals surface area contributed by atoms with Crippen LogP contribution in [0, 0.1) is 6.92 Å². The van der Waals surface area contributed by atoms with Crippen molar-refractivity contribution in [3.63, 3.8) is 0 Å². The van der Waals surface area contributed by atoms with Crippen LogP contribution >= 0.6 is 11.3 Å². The highest BCUT2D eigenvalue weighted by molar-refractivity contribution is 7.09. The van der Waals surface area contributed by atoms with Crippen molar-refractivity contribution in [1.82, 2.24) is 4.98 Å². The van der Waals surface area contributed by atoms with Gasteiger partial charge in [0.25, 0.3) is 0 Å². The minimum absolute atomic E-state index is 0.511. The van der Waals surface area contributed by atoms with Crippen LogP contribution in [0.1, 0.15) is 24.0 Å². The van der Waals surface area contributed by atoms with E-state index in [9.17, 15) is 5.11 Å². The van der Waals surface area contributed by atoms with Gasteiger partial charge < -0.3 is 10.8 Å². The molecule has 1 aromatic rings. The molecular formula is C9H16N2OS. The normalized spacial score (nSPS) is 15.7. The molecule has 1 heterocycles. The Balaban J connectivity index is 2.57. The summed E-state index contributed by atoms with van der Waals surface area (Å²) in [7, 11) is 0. The minimum atomic E-state index is -0.709. The third-order valence-electron chi connectivity index (χ3n) is 1.88. The summed E-state index contributed by atoms with van der Waals surface area (Å²) in [6.45, 7) is 4.27. The van der Waals surface area contributed by atoms with E-state index >= 15 is 0 Å². The highest BCUT2D eigenvalue weighted by Gasteiger charge is 2.21. The summed E-state index contributed by atoms with van der Waals surface area (Å²) in [5.41, 5.74) is 5.70. The average Bonchev–Trinajstić information content (AvgIpc) is 2.34. The topological polar surface area (TPSA) is 59.1 Å². The number of nitrogens with two attached hydrogens (primary N) is 1. The Hall–Kier alpha value is -0.450. The molecule has 3 nitrogen and oxygen atoms in total. The second-order valence-corrected chi connectivity index (χ2v) is 4.54. The number of hydrogen-bond donors (Lipinski definition) is 2. The Bertz CT molecular complexity index is 270. The van der Waals surface area contributed by atoms with E-state index in [-0.39, 0.29) is 0 Å². The maximum Gasteiger partial charge on any atom is 0.0956 e. The van der Waals surface area contributed by atoms with Crippen LogP contribution in [-0.4, -0.2) is 22.2 Å². The Morgan fingerprint density at radius 3 is 2.85 bits per heavy atom. The molecule has 0 amide bonds. The third-order valence-corrected chi connectivity index (χ3v) is 2.85. The van der Waals surface area contributed by atoms with Crippen molar-refractivity contribution in [2.45, 2.75) is 32.3 Å². The molecule has 4 heteroatoms. The van der Waals surface area contributed by atoms with Gasteiger partial charge in [-0.25, -0.2) is 4.98 Å². The largest absolute Gasteiger partial charge is 0.390 e. The van der Waals surface area contributed by atoms with E-state index in [4.69, 9.17) is 5.73 Å². The molecule has 0 aromatic carbocycles. The number of aromatic nitrogens is 1. The summed E-state index contributed by atoms with van der Waals surface area (Å²) in [4.78, 5) is 4.30. The van der Waals surface area contributed by atoms with Crippen LogP contribution in [0.4, 0.5) is 0 Å². The number of aryl methyl sites for hydroxylation is 1. The number of nitrogens with zero attached hydrogens (tertiary/aromatic N) is 1. The van der Waals surface area contributed by atoms with Gasteiger partial charge in [0.05, 0.1) is 10.6 Å². The van der Waals surface area contributed by atoms with Crippen LogP contribution < -0.4 is 5.73 Å². The van der Waals surface area contributed by atoms with Crippen molar-refractivity contribution in [3.8, 4) is 0 Å². The van der Waals surface area contributed by atoms with Crippen LogP contribution in [0.5, 0.6) is 0 Å². The highest BCUT2D eigenvalue weighted by atomic mass is 32.1. The molecule has 1 aromatic heterocycles. The summed E-state index contributed by atoms with van der Waals surface area (Å²) in [6, 6.07) is 0. The number of rotatable bonds is 4. The first-order valence-corrected chi connectivity index (χ1v) is 5.25. The van der Waals surface area contributed by atoms with Gasteiger partial charge in [-0.3, -0.25) is 0 Å². The molecule has 74 valence electrons. The van der Waals surface area contributed by atoms with Crippen LogP contribution in [0.3, 0.4) is 0 Å². The summed E-state index contributed by atoms with van der Waals surface area (Å²) >= 11 is 1.59. The highest BCUT2D eigenvalue weighted by Crippen LogP contribution is 2.19. The summed E-state index contributed by atoms with van der Waals surface area (Å²) in [5, 5.41) is 12.8. The van der Waals surface area contributed by atoms with Crippen molar-refractivity contribution in [2.24, 2.45) is 5.73 Å². The Morgan fingerprint density at radius 2 is 2.38 bits per heavy atom. The van der Waals surface area contributed by atoms with Crippen LogP contribution in [-0.2, 0) is 6.42 Å². The monoisotopic (exact) mass is 200 g/mol. The molecule has 0 saturated heterocycles. The molecule has 0 radical (unpaired) electrons. The lowest BCUT2D eigenvalue weighted by Crippen LogP contribution is -2.30. The van der Waals surface area contributed by atoms with Gasteiger partial charge in [0.1, 0.15) is 0 Å². The number of hydrogen-bond acceptors (Lipinski definition) is 4. The van der Waals surface area contributed by atoms with Crippen LogP contribution in [0.15, 0.2) is 5.38 Å². The maximum atomic E-state index is 9.86. The van der Waals surface area contributed by atoms with Gasteiger partial charge in [-0.05, 0) is 26.8 Å². The Labute approximate surface area is 82.6 Å². The molecule has 1 rings (SSSR count). The molecule has 0 spiro atoms. The lowest BCUT2D eigenvalue weighted by atomic mass is 9.99. The first-order valence-electron chi connectivity index (χ1n) is 4.37. The molecule has 3 N–H and O–H groups in total. The standard InChI is InChI=1S/C9H16N2OS/c1-7-6-13-8(11-7)5-9(2,12)3-4-10/h6,12H,3-5,10H2,1-2H3. The molecular weight excluding hydrogens is 184 g/mol. The van der Waals surface area contributed by atoms with Crippen molar-refractivity contribution < 1.29 is 5.11 Å². The van der Waals surface area contributed by atoms with E-state index in [0.29, 0.717) is 19.4 Å². The lowest BCUT2D eigenvalue weighted by Gasteiger charge is -2.20. The summed E-state index contributed by atoms with van der Waals surface area (Å²) in [6.07, 6.45) is 1.22. The third kappa shape index (κ3) is 3.42. The SMILES string of the molecule is Cc1csc(CC(C)(O)CCN)n1. The van der Waals surface area contributed by atoms with E-state index < -0.39 is 5.60 Å². The van der Waals surface area contributed by atoms with E-state index in [1.807, 2.05) is 12.3 Å². The maximum absolute atomic E-state index is 9.86. The van der Waals surface area contributed by atoms with Crippen LogP contribution in [0.25, 0.3) is 0 Å². The van der Waals surface area contributed by atoms with Gasteiger partial charge in [-0.2, -0.15) is 0 Å². The van der Waals surface area contributed by atoms with E-state index in [1.165, 1.54) is 0 Å². The van der Waals surface area contributed by atoms with Gasteiger partial charge in [-0.15, -0.1) is 11.3 Å². The van der Waals surface area contributed by atoms with Crippen molar-refractivity contribution in [3.05, 3.63) is 16.1 Å². The van der Waals surface area contributed by atoms with Crippen molar-refractivity contribution in [1.29, 1.82) is 0 Å². The smallest absolute Gasteiger partial charge is 0.0956 e. The van der Waals surface area contributed by atoms with E-state index in [0.717, 1.165) is 10.7 Å². The van der Waals surface area contributed by atoms with Gasteiger partial charge in [-0.1, -0.05) is 0 Å². The predicted molar refractivity (Wildman–Crippen MR) is 54.9 cm³/mol. The molecule has 0 aliphatic carbocycles. The molecule has 1 unspecified atom stereocenters. The molecule has 1 atom stereocenters. The van der Waals surface area contributed by atoms with Crippen LogP contribution in [0.2, 0.25) is 0 Å². The van der Waals surface area contributed by atoms with Crippen molar-refractivity contribution >= 4 is 11.3 Å². The zero-order chi connectivity index (χ0) is 9.90. The van der Waals surface area contributed by atoms with E-state index in [1.54, 1.807) is 18.3 Å². The van der Waals surface area contributed by atoms with E-state index in [2.05, 4.69) is 4.98 Å². The first kappa shape index (κ1) is 10.6.